The zero-order valence-corrected chi connectivity index (χ0v) is 22.1. The van der Waals surface area contributed by atoms with Crippen LogP contribution in [-0.2, 0) is 0 Å². The van der Waals surface area contributed by atoms with E-state index in [-0.39, 0.29) is 0 Å². The summed E-state index contributed by atoms with van der Waals surface area (Å²) in [5.74, 6) is 0. The Morgan fingerprint density at radius 3 is 1.23 bits per heavy atom. The first kappa shape index (κ1) is 23.5. The molecule has 0 spiro atoms. The summed E-state index contributed by atoms with van der Waals surface area (Å²) in [5.41, 5.74) is 9.78. The van der Waals surface area contributed by atoms with Gasteiger partial charge in [-0.15, -0.1) is 0 Å². The maximum Gasteiger partial charge on any atom is 0.0406 e. The fraction of sp³-hybridized carbons (Fsp3) is 0. The lowest BCUT2D eigenvalue weighted by atomic mass is 9.84. The monoisotopic (exact) mass is 516 g/mol. The lowest BCUT2D eigenvalue weighted by Gasteiger charge is -2.19. The lowest BCUT2D eigenvalue weighted by Crippen LogP contribution is -1.92. The van der Waals surface area contributed by atoms with Crippen molar-refractivity contribution in [3.05, 3.63) is 157 Å². The molecule has 0 aliphatic carbocycles. The summed E-state index contributed by atoms with van der Waals surface area (Å²) in [5, 5.41) is 5.71. The van der Waals surface area contributed by atoms with Crippen molar-refractivity contribution in [3.8, 4) is 44.5 Å². The summed E-state index contributed by atoms with van der Waals surface area (Å²) in [7, 11) is 0. The van der Waals surface area contributed by atoms with Crippen molar-refractivity contribution in [1.82, 2.24) is 0 Å². The summed E-state index contributed by atoms with van der Waals surface area (Å²) in [6.45, 7) is 0. The molecule has 7 aromatic rings. The second-order valence-corrected chi connectivity index (χ2v) is 10.3. The van der Waals surface area contributed by atoms with Gasteiger partial charge < -0.3 is 0 Å². The third-order valence-corrected chi connectivity index (χ3v) is 7.79. The minimum Gasteiger partial charge on any atom is -0.0843 e. The molecule has 0 heterocycles. The van der Waals surface area contributed by atoms with Crippen molar-refractivity contribution >= 4 is 33.1 Å². The van der Waals surface area contributed by atoms with E-state index in [1.807, 2.05) is 12.1 Å². The van der Waals surface area contributed by atoms with Gasteiger partial charge in [0.25, 0.3) is 0 Å². The quantitative estimate of drug-likeness (QED) is 0.204. The third-order valence-electron chi connectivity index (χ3n) is 7.54. The van der Waals surface area contributed by atoms with Crippen molar-refractivity contribution in [2.75, 3.05) is 0 Å². The molecular formula is C38H25Cl. The van der Waals surface area contributed by atoms with E-state index in [1.165, 1.54) is 66.1 Å². The largest absolute Gasteiger partial charge is 0.0843 e. The summed E-state index contributed by atoms with van der Waals surface area (Å²) < 4.78 is 0. The molecule has 1 heteroatoms. The molecule has 0 N–H and O–H groups in total. The van der Waals surface area contributed by atoms with Crippen molar-refractivity contribution in [3.63, 3.8) is 0 Å². The van der Waals surface area contributed by atoms with E-state index in [4.69, 9.17) is 11.6 Å². The maximum absolute atomic E-state index is 6.26. The van der Waals surface area contributed by atoms with E-state index in [1.54, 1.807) is 0 Å². The fourth-order valence-corrected chi connectivity index (χ4v) is 5.92. The normalized spacial score (nSPS) is 11.2. The van der Waals surface area contributed by atoms with E-state index in [0.29, 0.717) is 0 Å². The Morgan fingerprint density at radius 1 is 0.308 bits per heavy atom. The van der Waals surface area contributed by atoms with Gasteiger partial charge in [-0.05, 0) is 84.3 Å². The summed E-state index contributed by atoms with van der Waals surface area (Å²) in [4.78, 5) is 0. The second kappa shape index (κ2) is 9.91. The van der Waals surface area contributed by atoms with E-state index in [9.17, 15) is 0 Å². The van der Waals surface area contributed by atoms with E-state index in [2.05, 4.69) is 140 Å². The first-order chi connectivity index (χ1) is 19.3. The van der Waals surface area contributed by atoms with Crippen molar-refractivity contribution in [1.29, 1.82) is 0 Å². The van der Waals surface area contributed by atoms with Gasteiger partial charge in [0, 0.05) is 5.02 Å². The second-order valence-electron chi connectivity index (χ2n) is 9.84. The summed E-state index contributed by atoms with van der Waals surface area (Å²) in [6, 6.07) is 54.0. The average Bonchev–Trinajstić information content (AvgIpc) is 3.01. The van der Waals surface area contributed by atoms with Crippen LogP contribution in [0.15, 0.2) is 152 Å². The van der Waals surface area contributed by atoms with Crippen LogP contribution in [0.25, 0.3) is 66.1 Å². The van der Waals surface area contributed by atoms with Gasteiger partial charge in [-0.3, -0.25) is 0 Å². The summed E-state index contributed by atoms with van der Waals surface area (Å²) >= 11 is 6.26. The molecule has 7 aromatic carbocycles. The molecule has 0 amide bonds. The fourth-order valence-electron chi connectivity index (χ4n) is 5.79. The van der Waals surface area contributed by atoms with Crippen LogP contribution in [0.4, 0.5) is 0 Å². The van der Waals surface area contributed by atoms with Crippen molar-refractivity contribution in [2.45, 2.75) is 0 Å². The Bertz CT molecular complexity index is 1880. The van der Waals surface area contributed by atoms with Crippen molar-refractivity contribution < 1.29 is 0 Å². The molecule has 0 fully saturated rings. The Hall–Kier alpha value is -4.65. The summed E-state index contributed by atoms with van der Waals surface area (Å²) in [6.07, 6.45) is 0. The van der Waals surface area contributed by atoms with Crippen LogP contribution in [0.5, 0.6) is 0 Å². The first-order valence-corrected chi connectivity index (χ1v) is 13.6. The number of halogens is 1. The van der Waals surface area contributed by atoms with Crippen molar-refractivity contribution in [2.24, 2.45) is 0 Å². The molecule has 0 aromatic heterocycles. The molecule has 0 saturated heterocycles. The standard InChI is InChI=1S/C38H25Cl/c39-30-22-19-28(20-23-30)37-32-15-7-9-17-34(32)38(35-18-10-8-16-33(35)37)29-21-24-31(26-11-3-1-4-12-26)36(25-29)27-13-5-2-6-14-27/h1-25H. The van der Waals surface area contributed by atoms with Gasteiger partial charge in [0.15, 0.2) is 0 Å². The molecule has 7 rings (SSSR count). The van der Waals surface area contributed by atoms with Gasteiger partial charge in [0.1, 0.15) is 0 Å². The van der Waals surface area contributed by atoms with Crippen LogP contribution < -0.4 is 0 Å². The predicted molar refractivity (Wildman–Crippen MR) is 168 cm³/mol. The average molecular weight is 517 g/mol. The smallest absolute Gasteiger partial charge is 0.0406 e. The topological polar surface area (TPSA) is 0 Å². The van der Waals surface area contributed by atoms with E-state index in [0.717, 1.165) is 5.02 Å². The van der Waals surface area contributed by atoms with Crippen LogP contribution in [0.1, 0.15) is 0 Å². The van der Waals surface area contributed by atoms with Crippen LogP contribution in [0.2, 0.25) is 5.02 Å². The van der Waals surface area contributed by atoms with Gasteiger partial charge in [0.05, 0.1) is 0 Å². The first-order valence-electron chi connectivity index (χ1n) is 13.2. The minimum atomic E-state index is 0.746. The predicted octanol–water partition coefficient (Wildman–Crippen LogP) is 11.3. The van der Waals surface area contributed by atoms with E-state index >= 15 is 0 Å². The molecule has 184 valence electrons. The van der Waals surface area contributed by atoms with Crippen LogP contribution in [-0.4, -0.2) is 0 Å². The number of benzene rings is 7. The highest BCUT2D eigenvalue weighted by molar-refractivity contribution is 6.30. The third kappa shape index (κ3) is 4.20. The van der Waals surface area contributed by atoms with Crippen LogP contribution >= 0.6 is 11.6 Å². The molecule has 0 radical (unpaired) electrons. The Balaban J connectivity index is 1.56. The Kier molecular flexibility index (Phi) is 5.96. The Labute approximate surface area is 233 Å². The van der Waals surface area contributed by atoms with E-state index < -0.39 is 0 Å². The van der Waals surface area contributed by atoms with Crippen LogP contribution in [0, 0.1) is 0 Å². The number of fused-ring (bicyclic) bond motifs is 2. The van der Waals surface area contributed by atoms with Gasteiger partial charge >= 0.3 is 0 Å². The molecule has 39 heavy (non-hydrogen) atoms. The van der Waals surface area contributed by atoms with Gasteiger partial charge in [-0.25, -0.2) is 0 Å². The maximum atomic E-state index is 6.26. The Morgan fingerprint density at radius 2 is 0.718 bits per heavy atom. The number of rotatable bonds is 4. The number of hydrogen-bond donors (Lipinski definition) is 0. The lowest BCUT2D eigenvalue weighted by molar-refractivity contribution is 1.58. The highest BCUT2D eigenvalue weighted by Crippen LogP contribution is 2.45. The molecule has 0 aliphatic rings. The van der Waals surface area contributed by atoms with Gasteiger partial charge in [-0.2, -0.15) is 0 Å². The zero-order valence-electron chi connectivity index (χ0n) is 21.3. The molecule has 0 unspecified atom stereocenters. The highest BCUT2D eigenvalue weighted by Gasteiger charge is 2.18. The molecule has 0 nitrogen and oxygen atoms in total. The minimum absolute atomic E-state index is 0.746. The SMILES string of the molecule is Clc1ccc(-c2c3ccccc3c(-c3ccc(-c4ccccc4)c(-c4ccccc4)c3)c3ccccc23)cc1. The molecule has 0 bridgehead atoms. The molecule has 0 saturated carbocycles. The number of hydrogen-bond acceptors (Lipinski definition) is 0. The highest BCUT2D eigenvalue weighted by atomic mass is 35.5. The molecule has 0 atom stereocenters. The molecular weight excluding hydrogens is 492 g/mol. The van der Waals surface area contributed by atoms with Crippen LogP contribution in [0.3, 0.4) is 0 Å². The van der Waals surface area contributed by atoms with Gasteiger partial charge in [-0.1, -0.05) is 145 Å². The molecule has 0 aliphatic heterocycles. The van der Waals surface area contributed by atoms with Gasteiger partial charge in [0.2, 0.25) is 0 Å². The zero-order chi connectivity index (χ0) is 26.2.